The molecule has 69 heavy (non-hydrogen) atoms. The summed E-state index contributed by atoms with van der Waals surface area (Å²) in [6.45, 7) is 1.78. The predicted octanol–water partition coefficient (Wildman–Crippen LogP) is 8.16. The second-order valence-electron chi connectivity index (χ2n) is 16.8. The van der Waals surface area contributed by atoms with Crippen LogP contribution in [0.4, 0.5) is 0 Å². The highest BCUT2D eigenvalue weighted by atomic mass is 16.7. The van der Waals surface area contributed by atoms with E-state index in [1.165, 1.54) is 6.92 Å². The Kier molecular flexibility index (Phi) is 18.2. The van der Waals surface area contributed by atoms with Crippen molar-refractivity contribution in [2.24, 2.45) is 0 Å². The molecular formula is C56H58O13. The van der Waals surface area contributed by atoms with Gasteiger partial charge in [0.15, 0.2) is 24.8 Å². The molecule has 2 fully saturated rings. The molecule has 1 N–H and O–H groups in total. The molecule has 2 aliphatic rings. The average Bonchev–Trinajstić information content (AvgIpc) is 3.38. The van der Waals surface area contributed by atoms with Crippen molar-refractivity contribution < 1.29 is 62.1 Å². The van der Waals surface area contributed by atoms with Crippen molar-refractivity contribution in [2.75, 3.05) is 13.2 Å². The number of hydrogen-bond acceptors (Lipinski definition) is 13. The van der Waals surface area contributed by atoms with Gasteiger partial charge >= 0.3 is 11.9 Å². The highest BCUT2D eigenvalue weighted by Crippen LogP contribution is 2.34. The van der Waals surface area contributed by atoms with E-state index >= 15 is 0 Å². The van der Waals surface area contributed by atoms with Crippen molar-refractivity contribution in [2.45, 2.75) is 101 Å². The van der Waals surface area contributed by atoms with Crippen LogP contribution in [0.1, 0.15) is 45.1 Å². The summed E-state index contributed by atoms with van der Waals surface area (Å²) in [6.07, 6.45) is -11.2. The molecule has 13 nitrogen and oxygen atoms in total. The highest BCUT2D eigenvalue weighted by molar-refractivity contribution is 5.89. The normalized spacial score (nSPS) is 24.6. The SMILES string of the molecule is CC(=O)O[C@@H]1[C@H](OCc2ccccc2)[C@@H](O)O[C@H](CO[C@H]2O[C@H](COCc3ccccc3)[C@@H](OCc3ccccc3)[C@H](OCc3ccccc3)[C@@H]2OC(=O)c2ccccc2)[C@H]1OCc1ccccc1. The van der Waals surface area contributed by atoms with Crippen LogP contribution in [0.5, 0.6) is 0 Å². The van der Waals surface area contributed by atoms with Gasteiger partial charge in [-0.2, -0.15) is 0 Å². The largest absolute Gasteiger partial charge is 0.457 e. The molecular weight excluding hydrogens is 881 g/mol. The first kappa shape index (κ1) is 49.3. The van der Waals surface area contributed by atoms with Crippen LogP contribution in [0.25, 0.3) is 0 Å². The quantitative estimate of drug-likeness (QED) is 0.0654. The number of aliphatic hydroxyl groups is 1. The predicted molar refractivity (Wildman–Crippen MR) is 253 cm³/mol. The van der Waals surface area contributed by atoms with Gasteiger partial charge in [-0.25, -0.2) is 4.79 Å². The number of ether oxygens (including phenoxy) is 10. The van der Waals surface area contributed by atoms with E-state index in [4.69, 9.17) is 47.4 Å². The zero-order valence-electron chi connectivity index (χ0n) is 38.4. The summed E-state index contributed by atoms with van der Waals surface area (Å²) >= 11 is 0. The number of rotatable bonds is 22. The van der Waals surface area contributed by atoms with E-state index in [1.54, 1.807) is 30.3 Å². The smallest absolute Gasteiger partial charge is 0.338 e. The van der Waals surface area contributed by atoms with Crippen molar-refractivity contribution in [1.82, 2.24) is 0 Å². The van der Waals surface area contributed by atoms with E-state index in [1.807, 2.05) is 152 Å². The van der Waals surface area contributed by atoms with Crippen LogP contribution in [-0.4, -0.2) is 91.7 Å². The molecule has 0 saturated carbocycles. The summed E-state index contributed by atoms with van der Waals surface area (Å²) in [4.78, 5) is 27.0. The lowest BCUT2D eigenvalue weighted by Gasteiger charge is -2.47. The number of benzene rings is 6. The van der Waals surface area contributed by atoms with Crippen LogP contribution in [0.15, 0.2) is 182 Å². The van der Waals surface area contributed by atoms with E-state index < -0.39 is 73.4 Å². The monoisotopic (exact) mass is 938 g/mol. The van der Waals surface area contributed by atoms with Gasteiger partial charge in [-0.15, -0.1) is 0 Å². The summed E-state index contributed by atoms with van der Waals surface area (Å²) < 4.78 is 64.9. The molecule has 0 aromatic heterocycles. The van der Waals surface area contributed by atoms with Crippen LogP contribution in [0, 0.1) is 0 Å². The Bertz CT molecular complexity index is 2410. The fourth-order valence-corrected chi connectivity index (χ4v) is 8.29. The second-order valence-corrected chi connectivity index (χ2v) is 16.8. The Hall–Kier alpha value is -6.10. The number of hydrogen-bond donors (Lipinski definition) is 1. The minimum absolute atomic E-state index is 0.0369. The molecule has 8 rings (SSSR count). The average molecular weight is 939 g/mol. The van der Waals surface area contributed by atoms with Gasteiger partial charge in [0, 0.05) is 6.92 Å². The molecule has 0 amide bonds. The molecule has 2 saturated heterocycles. The third-order valence-corrected chi connectivity index (χ3v) is 11.7. The Morgan fingerprint density at radius 2 is 0.812 bits per heavy atom. The van der Waals surface area contributed by atoms with E-state index in [0.717, 1.165) is 27.8 Å². The Morgan fingerprint density at radius 3 is 1.28 bits per heavy atom. The van der Waals surface area contributed by atoms with E-state index in [0.29, 0.717) is 5.56 Å². The zero-order valence-corrected chi connectivity index (χ0v) is 38.4. The molecule has 2 aliphatic heterocycles. The summed E-state index contributed by atoms with van der Waals surface area (Å²) in [5.74, 6) is -1.26. The summed E-state index contributed by atoms with van der Waals surface area (Å²) in [6, 6.07) is 56.6. The fourth-order valence-electron chi connectivity index (χ4n) is 8.29. The van der Waals surface area contributed by atoms with Crippen molar-refractivity contribution in [3.05, 3.63) is 215 Å². The second kappa shape index (κ2) is 25.5. The number of esters is 2. The molecule has 0 unspecified atom stereocenters. The molecule has 6 aromatic carbocycles. The first-order valence-corrected chi connectivity index (χ1v) is 23.2. The summed E-state index contributed by atoms with van der Waals surface area (Å²) in [7, 11) is 0. The van der Waals surface area contributed by atoms with Crippen LogP contribution >= 0.6 is 0 Å². The minimum Gasteiger partial charge on any atom is -0.457 e. The maximum atomic E-state index is 14.1. The Labute approximate surface area is 402 Å². The van der Waals surface area contributed by atoms with Gasteiger partial charge in [0.25, 0.3) is 0 Å². The highest BCUT2D eigenvalue weighted by Gasteiger charge is 2.53. The van der Waals surface area contributed by atoms with Gasteiger partial charge in [-0.1, -0.05) is 170 Å². The van der Waals surface area contributed by atoms with Crippen LogP contribution in [0.3, 0.4) is 0 Å². The van der Waals surface area contributed by atoms with Crippen molar-refractivity contribution in [3.63, 3.8) is 0 Å². The van der Waals surface area contributed by atoms with Gasteiger partial charge in [-0.3, -0.25) is 4.79 Å². The molecule has 6 aromatic rings. The van der Waals surface area contributed by atoms with Crippen LogP contribution < -0.4 is 0 Å². The van der Waals surface area contributed by atoms with E-state index in [9.17, 15) is 14.7 Å². The lowest BCUT2D eigenvalue weighted by atomic mass is 9.97. The van der Waals surface area contributed by atoms with E-state index in [2.05, 4.69) is 0 Å². The lowest BCUT2D eigenvalue weighted by molar-refractivity contribution is -0.341. The van der Waals surface area contributed by atoms with Gasteiger partial charge in [-0.05, 0) is 39.9 Å². The third-order valence-electron chi connectivity index (χ3n) is 11.7. The maximum absolute atomic E-state index is 14.1. The molecule has 0 bridgehead atoms. The zero-order chi connectivity index (χ0) is 47.6. The molecule has 0 aliphatic carbocycles. The number of carbonyl (C=O) groups excluding carboxylic acids is 2. The molecule has 10 atom stereocenters. The number of carbonyl (C=O) groups is 2. The van der Waals surface area contributed by atoms with Crippen molar-refractivity contribution in [3.8, 4) is 0 Å². The van der Waals surface area contributed by atoms with Crippen LogP contribution in [-0.2, 0) is 85.2 Å². The first-order chi connectivity index (χ1) is 33.9. The lowest BCUT2D eigenvalue weighted by Crippen LogP contribution is -2.64. The topological polar surface area (TPSA) is 147 Å². The summed E-state index contributed by atoms with van der Waals surface area (Å²) in [5, 5.41) is 11.7. The minimum atomic E-state index is -1.58. The van der Waals surface area contributed by atoms with Crippen molar-refractivity contribution >= 4 is 11.9 Å². The first-order valence-electron chi connectivity index (χ1n) is 23.2. The third kappa shape index (κ3) is 14.2. The number of aliphatic hydroxyl groups excluding tert-OH is 1. The Balaban J connectivity index is 1.12. The van der Waals surface area contributed by atoms with Gasteiger partial charge < -0.3 is 52.5 Å². The molecule has 360 valence electrons. The molecule has 2 heterocycles. The van der Waals surface area contributed by atoms with Gasteiger partial charge in [0.05, 0.1) is 51.8 Å². The summed E-state index contributed by atoms with van der Waals surface area (Å²) in [5.41, 5.74) is 4.71. The van der Waals surface area contributed by atoms with Crippen molar-refractivity contribution in [1.29, 1.82) is 0 Å². The standard InChI is InChI=1S/C56H58O13/c1-39(57)66-51-49(62-34-42-24-12-4-13-25-42)47(67-55(59)52(51)64-36-44-28-16-6-17-29-44)38-65-56-53(69-54(58)45-30-18-7-19-31-45)50(63-35-43-26-14-5-15-27-43)48(61-33-41-22-10-3-11-23-41)46(68-56)37-60-32-40-20-8-2-9-21-40/h2-31,46-53,55-56,59H,32-38H2,1H3/t46-,47-,48-,49-,50+,51+,52+,53+,55+,56+/m1/s1. The Morgan fingerprint density at radius 1 is 0.420 bits per heavy atom. The molecule has 0 radical (unpaired) electrons. The molecule has 13 heteroatoms. The molecule has 0 spiro atoms. The maximum Gasteiger partial charge on any atom is 0.338 e. The van der Waals surface area contributed by atoms with Gasteiger partial charge in [0.1, 0.15) is 36.6 Å². The fraction of sp³-hybridized carbons (Fsp3) is 0.321. The van der Waals surface area contributed by atoms with Gasteiger partial charge in [0.2, 0.25) is 0 Å². The van der Waals surface area contributed by atoms with E-state index in [-0.39, 0.29) is 46.2 Å². The van der Waals surface area contributed by atoms with Crippen LogP contribution in [0.2, 0.25) is 0 Å².